The summed E-state index contributed by atoms with van der Waals surface area (Å²) in [5.41, 5.74) is -1.29. The fourth-order valence-corrected chi connectivity index (χ4v) is 5.16. The largest absolute Gasteiger partial charge is 0.434 e. The van der Waals surface area contributed by atoms with Crippen molar-refractivity contribution >= 4 is 21.4 Å². The van der Waals surface area contributed by atoms with Crippen molar-refractivity contribution in [3.8, 4) is 33.9 Å². The predicted octanol–water partition coefficient (Wildman–Crippen LogP) is 7.79. The Morgan fingerprint density at radius 3 is 1.95 bits per heavy atom. The molecule has 6 nitrogen and oxygen atoms in total. The quantitative estimate of drug-likeness (QED) is 0.187. The minimum absolute atomic E-state index is 0.00733. The molecule has 218 valence electrons. The molecule has 0 aliphatic carbocycles. The van der Waals surface area contributed by atoms with Crippen LogP contribution in [0.15, 0.2) is 84.0 Å². The molecule has 0 N–H and O–H groups in total. The van der Waals surface area contributed by atoms with Crippen LogP contribution in [0.2, 0.25) is 5.02 Å². The molecular weight excluding hydrogens is 606 g/mol. The van der Waals surface area contributed by atoms with Crippen molar-refractivity contribution in [2.75, 3.05) is 6.26 Å². The third-order valence-corrected chi connectivity index (χ3v) is 7.73. The Hall–Kier alpha value is -4.10. The Balaban J connectivity index is 1.82. The highest BCUT2D eigenvalue weighted by Gasteiger charge is 2.37. The van der Waals surface area contributed by atoms with Crippen LogP contribution in [0.4, 0.5) is 26.3 Å². The molecule has 5 aromatic rings. The smallest absolute Gasteiger partial charge is 0.303 e. The Bertz CT molecular complexity index is 1910. The van der Waals surface area contributed by atoms with Gasteiger partial charge in [0.05, 0.1) is 10.6 Å². The number of halogens is 7. The van der Waals surface area contributed by atoms with Gasteiger partial charge in [0, 0.05) is 34.9 Å². The monoisotopic (exact) mass is 624 g/mol. The van der Waals surface area contributed by atoms with Gasteiger partial charge in [0.15, 0.2) is 21.2 Å². The lowest BCUT2D eigenvalue weighted by Crippen LogP contribution is -2.05. The minimum Gasteiger partial charge on any atom is -0.303 e. The summed E-state index contributed by atoms with van der Waals surface area (Å²) in [7, 11) is -3.59. The number of imidazole rings is 2. The number of aromatic nitrogens is 4. The van der Waals surface area contributed by atoms with Gasteiger partial charge in [-0.15, -0.1) is 0 Å². The SMILES string of the molecule is Cc1nc(C(F)(F)F)cn1-c1ccc(-c2cccc(S(C)(=O)=O)c2)cc1-c1nc(C(F)(F)F)cn1-c1ccc(Cl)cc1. The summed E-state index contributed by atoms with van der Waals surface area (Å²) in [6.07, 6.45) is -7.06. The fourth-order valence-electron chi connectivity index (χ4n) is 4.37. The van der Waals surface area contributed by atoms with E-state index in [9.17, 15) is 34.8 Å². The Labute approximate surface area is 240 Å². The van der Waals surface area contributed by atoms with E-state index in [0.717, 1.165) is 27.8 Å². The number of aryl methyl sites for hydroxylation is 1. The summed E-state index contributed by atoms with van der Waals surface area (Å²) in [4.78, 5) is 7.47. The van der Waals surface area contributed by atoms with Gasteiger partial charge in [-0.2, -0.15) is 26.3 Å². The van der Waals surface area contributed by atoms with Crippen molar-refractivity contribution in [3.63, 3.8) is 0 Å². The molecule has 42 heavy (non-hydrogen) atoms. The zero-order chi connectivity index (χ0) is 30.6. The molecule has 0 aliphatic heterocycles. The Kier molecular flexibility index (Phi) is 7.22. The van der Waals surface area contributed by atoms with Gasteiger partial charge in [0.25, 0.3) is 0 Å². The number of hydrogen-bond donors (Lipinski definition) is 0. The molecule has 0 bridgehead atoms. The highest BCUT2D eigenvalue weighted by Crippen LogP contribution is 2.38. The van der Waals surface area contributed by atoms with E-state index >= 15 is 0 Å². The van der Waals surface area contributed by atoms with Crippen LogP contribution in [0, 0.1) is 6.92 Å². The van der Waals surface area contributed by atoms with E-state index in [1.807, 2.05) is 0 Å². The second-order valence-corrected chi connectivity index (χ2v) is 11.8. The van der Waals surface area contributed by atoms with Crippen LogP contribution in [0.3, 0.4) is 0 Å². The van der Waals surface area contributed by atoms with Crippen molar-refractivity contribution in [2.24, 2.45) is 0 Å². The molecule has 14 heteroatoms. The lowest BCUT2D eigenvalue weighted by Gasteiger charge is -2.16. The summed E-state index contributed by atoms with van der Waals surface area (Å²) < 4.78 is 109. The van der Waals surface area contributed by atoms with Crippen molar-refractivity contribution in [1.82, 2.24) is 19.1 Å². The zero-order valence-corrected chi connectivity index (χ0v) is 23.2. The third-order valence-electron chi connectivity index (χ3n) is 6.37. The molecule has 0 amide bonds. The number of benzene rings is 3. The van der Waals surface area contributed by atoms with Crippen molar-refractivity contribution in [1.29, 1.82) is 0 Å². The summed E-state index contributed by atoms with van der Waals surface area (Å²) in [5.74, 6) is -0.307. The number of alkyl halides is 6. The van der Waals surface area contributed by atoms with Gasteiger partial charge in [-0.05, 0) is 66.6 Å². The van der Waals surface area contributed by atoms with Gasteiger partial charge in [-0.25, -0.2) is 18.4 Å². The van der Waals surface area contributed by atoms with Gasteiger partial charge in [0.2, 0.25) is 0 Å². The van der Waals surface area contributed by atoms with Gasteiger partial charge in [-0.1, -0.05) is 29.8 Å². The molecule has 0 radical (unpaired) electrons. The average Bonchev–Trinajstić information content (AvgIpc) is 3.53. The van der Waals surface area contributed by atoms with E-state index < -0.39 is 33.6 Å². The highest BCUT2D eigenvalue weighted by molar-refractivity contribution is 7.90. The number of sulfone groups is 1. The minimum atomic E-state index is -4.84. The Morgan fingerprint density at radius 1 is 0.762 bits per heavy atom. The van der Waals surface area contributed by atoms with Crippen molar-refractivity contribution in [3.05, 3.63) is 101 Å². The van der Waals surface area contributed by atoms with Gasteiger partial charge in [-0.3, -0.25) is 4.57 Å². The van der Waals surface area contributed by atoms with E-state index in [1.54, 1.807) is 6.07 Å². The first-order chi connectivity index (χ1) is 19.5. The number of rotatable bonds is 5. The average molecular weight is 625 g/mol. The molecule has 5 rings (SSSR count). The summed E-state index contributed by atoms with van der Waals surface area (Å²) >= 11 is 5.98. The van der Waals surface area contributed by atoms with Crippen LogP contribution < -0.4 is 0 Å². The number of hydrogen-bond acceptors (Lipinski definition) is 4. The molecule has 0 aliphatic rings. The van der Waals surface area contributed by atoms with Crippen LogP contribution in [-0.2, 0) is 22.2 Å². The molecule has 2 aromatic heterocycles. The van der Waals surface area contributed by atoms with Crippen LogP contribution >= 0.6 is 11.6 Å². The van der Waals surface area contributed by atoms with Crippen LogP contribution in [0.1, 0.15) is 17.2 Å². The standard InChI is InChI=1S/C28H19ClF6N4O2S/c1-16-36-24(27(30,31)32)14-38(16)23-11-6-18(17-4-3-5-21(12-17)42(2,40)41)13-22(23)26-37-25(28(33,34)35)15-39(26)20-9-7-19(29)8-10-20/h3-15H,1-2H3. The lowest BCUT2D eigenvalue weighted by atomic mass is 10.0. The van der Waals surface area contributed by atoms with E-state index in [1.165, 1.54) is 67.6 Å². The maximum atomic E-state index is 13.9. The molecule has 0 fully saturated rings. The first-order valence-corrected chi connectivity index (χ1v) is 14.3. The maximum absolute atomic E-state index is 13.9. The molecule has 2 heterocycles. The Morgan fingerprint density at radius 2 is 1.36 bits per heavy atom. The summed E-state index contributed by atoms with van der Waals surface area (Å²) in [6.45, 7) is 1.33. The lowest BCUT2D eigenvalue weighted by molar-refractivity contribution is -0.141. The van der Waals surface area contributed by atoms with Crippen molar-refractivity contribution in [2.45, 2.75) is 24.2 Å². The molecule has 3 aromatic carbocycles. The highest BCUT2D eigenvalue weighted by atomic mass is 35.5. The zero-order valence-electron chi connectivity index (χ0n) is 21.7. The summed E-state index contributed by atoms with van der Waals surface area (Å²) in [5, 5.41) is 0.332. The second kappa shape index (κ2) is 10.3. The van der Waals surface area contributed by atoms with E-state index in [0.29, 0.717) is 16.1 Å². The van der Waals surface area contributed by atoms with Gasteiger partial charge >= 0.3 is 12.4 Å². The normalized spacial score (nSPS) is 12.6. The van der Waals surface area contributed by atoms with E-state index in [-0.39, 0.29) is 33.5 Å². The molecule has 0 saturated heterocycles. The summed E-state index contributed by atoms with van der Waals surface area (Å²) in [6, 6.07) is 16.2. The molecular formula is C28H19ClF6N4O2S. The van der Waals surface area contributed by atoms with Crippen LogP contribution in [0.25, 0.3) is 33.9 Å². The van der Waals surface area contributed by atoms with E-state index in [4.69, 9.17) is 11.6 Å². The predicted molar refractivity (Wildman–Crippen MR) is 144 cm³/mol. The van der Waals surface area contributed by atoms with Crippen LogP contribution in [-0.4, -0.2) is 33.8 Å². The third kappa shape index (κ3) is 5.79. The molecule has 0 saturated carbocycles. The molecule has 0 atom stereocenters. The van der Waals surface area contributed by atoms with Crippen LogP contribution in [0.5, 0.6) is 0 Å². The van der Waals surface area contributed by atoms with Crippen molar-refractivity contribution < 1.29 is 34.8 Å². The van der Waals surface area contributed by atoms with E-state index in [2.05, 4.69) is 9.97 Å². The molecule has 0 spiro atoms. The first kappa shape index (κ1) is 29.4. The maximum Gasteiger partial charge on any atom is 0.434 e. The van der Waals surface area contributed by atoms with Gasteiger partial charge in [0.1, 0.15) is 11.6 Å². The first-order valence-electron chi connectivity index (χ1n) is 12.0. The molecule has 0 unspecified atom stereocenters. The fraction of sp³-hybridized carbons (Fsp3) is 0.143. The topological polar surface area (TPSA) is 69.8 Å². The van der Waals surface area contributed by atoms with Gasteiger partial charge < -0.3 is 4.57 Å². The second-order valence-electron chi connectivity index (χ2n) is 9.37. The number of nitrogens with zero attached hydrogens (tertiary/aromatic N) is 4.